The van der Waals surface area contributed by atoms with Gasteiger partial charge in [-0.05, 0) is 46.7 Å². The molecule has 0 heterocycles. The molecule has 0 aromatic heterocycles. The molecule has 18 heavy (non-hydrogen) atoms. The number of hydrazine groups is 1. The van der Waals surface area contributed by atoms with Crippen LogP contribution in [-0.4, -0.2) is 43.3 Å². The monoisotopic (exact) mass is 257 g/mol. The normalized spacial score (nSPS) is 31.0. The van der Waals surface area contributed by atoms with Gasteiger partial charge in [-0.2, -0.15) is 0 Å². The maximum Gasteiger partial charge on any atom is 0.0654 e. The Bertz CT molecular complexity index is 245. The number of nitrogens with one attached hydrogen (secondary N) is 1. The molecule has 4 heteroatoms. The lowest BCUT2D eigenvalue weighted by atomic mass is 9.71. The number of hydrogen-bond donors (Lipinski definition) is 2. The molecule has 1 rings (SSSR count). The highest BCUT2D eigenvalue weighted by molar-refractivity contribution is 5.01. The first-order chi connectivity index (χ1) is 8.42. The fourth-order valence-electron chi connectivity index (χ4n) is 3.25. The van der Waals surface area contributed by atoms with E-state index in [9.17, 15) is 0 Å². The lowest BCUT2D eigenvalue weighted by Gasteiger charge is -2.50. The quantitative estimate of drug-likeness (QED) is 0.562. The van der Waals surface area contributed by atoms with Gasteiger partial charge in [-0.25, -0.2) is 0 Å². The fourth-order valence-corrected chi connectivity index (χ4v) is 3.25. The number of likely N-dealkylation sites (N-methyl/N-ethyl adjacent to an activating group) is 1. The van der Waals surface area contributed by atoms with Crippen molar-refractivity contribution in [3.63, 3.8) is 0 Å². The van der Waals surface area contributed by atoms with Gasteiger partial charge in [-0.3, -0.25) is 11.3 Å². The van der Waals surface area contributed by atoms with Gasteiger partial charge in [0.2, 0.25) is 0 Å². The standard InChI is InChI=1S/C14H31N3O/c1-11(2)18-10-13(16-15)14(17(4)5)8-6-7-12(3)9-14/h11-13,16H,6-10,15H2,1-5H3. The third-order valence-corrected chi connectivity index (χ3v) is 4.35. The fraction of sp³-hybridized carbons (Fsp3) is 1.00. The second kappa shape index (κ2) is 6.85. The summed E-state index contributed by atoms with van der Waals surface area (Å²) >= 11 is 0. The topological polar surface area (TPSA) is 50.5 Å². The van der Waals surface area contributed by atoms with Crippen molar-refractivity contribution in [1.29, 1.82) is 0 Å². The third-order valence-electron chi connectivity index (χ3n) is 4.35. The highest BCUT2D eigenvalue weighted by Gasteiger charge is 2.43. The summed E-state index contributed by atoms with van der Waals surface area (Å²) in [7, 11) is 4.33. The van der Waals surface area contributed by atoms with Crippen LogP contribution in [0.25, 0.3) is 0 Å². The van der Waals surface area contributed by atoms with Crippen LogP contribution in [0.15, 0.2) is 0 Å². The Morgan fingerprint density at radius 2 is 2.11 bits per heavy atom. The van der Waals surface area contributed by atoms with Crippen LogP contribution in [0.3, 0.4) is 0 Å². The van der Waals surface area contributed by atoms with Gasteiger partial charge in [0.1, 0.15) is 0 Å². The van der Waals surface area contributed by atoms with E-state index < -0.39 is 0 Å². The predicted octanol–water partition coefficient (Wildman–Crippen LogP) is 1.75. The average Bonchev–Trinajstić information content (AvgIpc) is 2.29. The van der Waals surface area contributed by atoms with Gasteiger partial charge >= 0.3 is 0 Å². The van der Waals surface area contributed by atoms with Crippen molar-refractivity contribution < 1.29 is 4.74 Å². The molecule has 3 atom stereocenters. The van der Waals surface area contributed by atoms with Gasteiger partial charge in [0.15, 0.2) is 0 Å². The molecule has 0 aliphatic heterocycles. The van der Waals surface area contributed by atoms with E-state index in [4.69, 9.17) is 10.6 Å². The Balaban J connectivity index is 2.79. The van der Waals surface area contributed by atoms with E-state index in [1.165, 1.54) is 25.7 Å². The molecule has 0 radical (unpaired) electrons. The van der Waals surface area contributed by atoms with Gasteiger partial charge in [-0.15, -0.1) is 0 Å². The molecule has 0 aromatic rings. The van der Waals surface area contributed by atoms with Gasteiger partial charge in [-0.1, -0.05) is 19.8 Å². The van der Waals surface area contributed by atoms with Gasteiger partial charge in [0, 0.05) is 5.54 Å². The summed E-state index contributed by atoms with van der Waals surface area (Å²) in [6, 6.07) is 0.192. The first kappa shape index (κ1) is 15.9. The molecule has 1 aliphatic carbocycles. The van der Waals surface area contributed by atoms with Crippen molar-refractivity contribution in [2.45, 2.75) is 64.1 Å². The van der Waals surface area contributed by atoms with E-state index in [-0.39, 0.29) is 17.7 Å². The van der Waals surface area contributed by atoms with E-state index in [2.05, 4.69) is 45.2 Å². The van der Waals surface area contributed by atoms with Crippen LogP contribution < -0.4 is 11.3 Å². The van der Waals surface area contributed by atoms with Crippen LogP contribution in [0.2, 0.25) is 0 Å². The average molecular weight is 257 g/mol. The zero-order valence-corrected chi connectivity index (χ0v) is 12.7. The molecule has 108 valence electrons. The molecule has 1 saturated carbocycles. The predicted molar refractivity (Wildman–Crippen MR) is 76.2 cm³/mol. The molecule has 0 amide bonds. The first-order valence-electron chi connectivity index (χ1n) is 7.17. The Morgan fingerprint density at radius 3 is 2.56 bits per heavy atom. The number of hydrogen-bond acceptors (Lipinski definition) is 4. The Hall–Kier alpha value is -0.160. The summed E-state index contributed by atoms with van der Waals surface area (Å²) in [6.45, 7) is 7.16. The van der Waals surface area contributed by atoms with E-state index in [0.29, 0.717) is 6.61 Å². The number of nitrogens with two attached hydrogens (primary N) is 1. The third kappa shape index (κ3) is 3.67. The molecule has 3 N–H and O–H groups in total. The first-order valence-corrected chi connectivity index (χ1v) is 7.17. The van der Waals surface area contributed by atoms with Crippen LogP contribution in [0.4, 0.5) is 0 Å². The minimum atomic E-state index is 0.126. The summed E-state index contributed by atoms with van der Waals surface area (Å²) < 4.78 is 5.79. The Labute approximate surface area is 112 Å². The molecular formula is C14H31N3O. The van der Waals surface area contributed by atoms with Crippen LogP contribution >= 0.6 is 0 Å². The molecular weight excluding hydrogens is 226 g/mol. The zero-order valence-electron chi connectivity index (χ0n) is 12.7. The highest BCUT2D eigenvalue weighted by Crippen LogP contribution is 2.38. The molecule has 3 unspecified atom stereocenters. The second-order valence-corrected chi connectivity index (χ2v) is 6.30. The second-order valence-electron chi connectivity index (χ2n) is 6.30. The van der Waals surface area contributed by atoms with Crippen LogP contribution in [-0.2, 0) is 4.74 Å². The lowest BCUT2D eigenvalue weighted by molar-refractivity contribution is -0.0194. The molecule has 0 saturated heterocycles. The van der Waals surface area contributed by atoms with E-state index in [0.717, 1.165) is 5.92 Å². The number of rotatable bonds is 6. The number of nitrogens with zero attached hydrogens (tertiary/aromatic N) is 1. The summed E-state index contributed by atoms with van der Waals surface area (Å²) in [5.41, 5.74) is 3.13. The SMILES string of the molecule is CC1CCCC(C(COC(C)C)NN)(N(C)C)C1. The highest BCUT2D eigenvalue weighted by atomic mass is 16.5. The van der Waals surface area contributed by atoms with Crippen molar-refractivity contribution in [3.8, 4) is 0 Å². The largest absolute Gasteiger partial charge is 0.377 e. The van der Waals surface area contributed by atoms with E-state index in [1.54, 1.807) is 0 Å². The van der Waals surface area contributed by atoms with Crippen molar-refractivity contribution in [2.24, 2.45) is 11.8 Å². The minimum absolute atomic E-state index is 0.126. The molecule has 0 spiro atoms. The summed E-state index contributed by atoms with van der Waals surface area (Å²) in [4.78, 5) is 2.34. The van der Waals surface area contributed by atoms with Crippen molar-refractivity contribution >= 4 is 0 Å². The van der Waals surface area contributed by atoms with Crippen molar-refractivity contribution in [3.05, 3.63) is 0 Å². The van der Waals surface area contributed by atoms with Gasteiger partial charge in [0.25, 0.3) is 0 Å². The molecule has 1 aliphatic rings. The van der Waals surface area contributed by atoms with Crippen LogP contribution in [0, 0.1) is 5.92 Å². The molecule has 1 fully saturated rings. The lowest BCUT2D eigenvalue weighted by Crippen LogP contribution is -2.64. The maximum atomic E-state index is 5.80. The minimum Gasteiger partial charge on any atom is -0.377 e. The van der Waals surface area contributed by atoms with Crippen molar-refractivity contribution in [2.75, 3.05) is 20.7 Å². The van der Waals surface area contributed by atoms with Gasteiger partial charge in [0.05, 0.1) is 18.8 Å². The zero-order chi connectivity index (χ0) is 13.8. The van der Waals surface area contributed by atoms with Crippen LogP contribution in [0.5, 0.6) is 0 Å². The van der Waals surface area contributed by atoms with Gasteiger partial charge < -0.3 is 9.64 Å². The summed E-state index contributed by atoms with van der Waals surface area (Å²) in [5.74, 6) is 6.56. The smallest absolute Gasteiger partial charge is 0.0654 e. The molecule has 0 aromatic carbocycles. The van der Waals surface area contributed by atoms with Crippen molar-refractivity contribution in [1.82, 2.24) is 10.3 Å². The van der Waals surface area contributed by atoms with E-state index in [1.807, 2.05) is 0 Å². The number of ether oxygens (including phenoxy) is 1. The molecule has 4 nitrogen and oxygen atoms in total. The molecule has 0 bridgehead atoms. The maximum absolute atomic E-state index is 5.80. The summed E-state index contributed by atoms with van der Waals surface area (Å²) in [6.07, 6.45) is 5.25. The Kier molecular flexibility index (Phi) is 6.05. The van der Waals surface area contributed by atoms with Crippen LogP contribution in [0.1, 0.15) is 46.5 Å². The summed E-state index contributed by atoms with van der Waals surface area (Å²) in [5, 5.41) is 0. The Morgan fingerprint density at radius 1 is 1.44 bits per heavy atom. The van der Waals surface area contributed by atoms with E-state index >= 15 is 0 Å².